The molecule has 0 N–H and O–H groups in total. The molecule has 0 amide bonds. The number of hydrogen-bond donors (Lipinski definition) is 0. The molecule has 1 aliphatic heterocycles. The van der Waals surface area contributed by atoms with Crippen molar-refractivity contribution >= 4 is 0 Å². The van der Waals surface area contributed by atoms with Crippen LogP contribution in [0.3, 0.4) is 0 Å². The minimum absolute atomic E-state index is 0.0677. The van der Waals surface area contributed by atoms with Gasteiger partial charge >= 0.3 is 0 Å². The van der Waals surface area contributed by atoms with Crippen LogP contribution in [0.15, 0.2) is 66.7 Å². The molecule has 0 aliphatic carbocycles. The number of benzene rings is 3. The fourth-order valence-electron chi connectivity index (χ4n) is 4.92. The number of halogens is 3. The average molecular weight is 553 g/mol. The summed E-state index contributed by atoms with van der Waals surface area (Å²) in [6.45, 7) is 5.31. The van der Waals surface area contributed by atoms with Crippen molar-refractivity contribution in [3.05, 3.63) is 89.8 Å². The summed E-state index contributed by atoms with van der Waals surface area (Å²) in [5.74, 6) is -2.47. The topological polar surface area (TPSA) is 27.7 Å². The molecule has 4 rings (SSSR count). The number of hydrogen-bond acceptors (Lipinski definition) is 3. The maximum absolute atomic E-state index is 15.1. The Labute approximate surface area is 236 Å². The number of rotatable bonds is 13. The predicted molar refractivity (Wildman–Crippen MR) is 154 cm³/mol. The highest BCUT2D eigenvalue weighted by atomic mass is 19.2. The van der Waals surface area contributed by atoms with E-state index in [1.54, 1.807) is 30.3 Å². The fraction of sp³-hybridized carbons (Fsp3) is 0.412. The van der Waals surface area contributed by atoms with Crippen molar-refractivity contribution in [1.29, 1.82) is 0 Å². The van der Waals surface area contributed by atoms with E-state index in [2.05, 4.69) is 13.0 Å². The fourth-order valence-corrected chi connectivity index (χ4v) is 4.92. The highest BCUT2D eigenvalue weighted by Gasteiger charge is 2.25. The van der Waals surface area contributed by atoms with Gasteiger partial charge in [0.1, 0.15) is 5.82 Å². The zero-order chi connectivity index (χ0) is 28.3. The van der Waals surface area contributed by atoms with Gasteiger partial charge in [-0.2, -0.15) is 4.39 Å². The van der Waals surface area contributed by atoms with Crippen LogP contribution in [-0.4, -0.2) is 26.1 Å². The summed E-state index contributed by atoms with van der Waals surface area (Å²) < 4.78 is 61.7. The van der Waals surface area contributed by atoms with Crippen LogP contribution < -0.4 is 4.74 Å². The molecule has 3 aromatic rings. The van der Waals surface area contributed by atoms with Crippen molar-refractivity contribution in [1.82, 2.24) is 0 Å². The van der Waals surface area contributed by atoms with Gasteiger partial charge < -0.3 is 14.2 Å². The summed E-state index contributed by atoms with van der Waals surface area (Å²) in [6.07, 6.45) is 10.7. The third-order valence-corrected chi connectivity index (χ3v) is 7.29. The molecule has 1 fully saturated rings. The first-order valence-electron chi connectivity index (χ1n) is 14.4. The summed E-state index contributed by atoms with van der Waals surface area (Å²) in [7, 11) is 0. The van der Waals surface area contributed by atoms with Crippen molar-refractivity contribution in [2.45, 2.75) is 71.0 Å². The first kappa shape index (κ1) is 29.9. The summed E-state index contributed by atoms with van der Waals surface area (Å²) >= 11 is 0. The Morgan fingerprint density at radius 3 is 2.23 bits per heavy atom. The standard InChI is InChI=1S/C34H39F3O3/c1-3-5-7-8-10-20-38-31-19-18-29(33(36)34(31)37)25-14-12-24(13-15-25)26-16-17-28(30(35)21-26)27-22-39-32(40-23-27)11-9-6-4-2/h4,6,12-19,21,27,32H,3,5,7-11,20,22-23H2,1-2H3/b6-4+. The highest BCUT2D eigenvalue weighted by Crippen LogP contribution is 2.33. The van der Waals surface area contributed by atoms with Gasteiger partial charge in [-0.05, 0) is 60.2 Å². The molecule has 0 aromatic heterocycles. The third kappa shape index (κ3) is 7.76. The molecule has 6 heteroatoms. The molecule has 0 bridgehead atoms. The molecule has 1 heterocycles. The number of ether oxygens (including phenoxy) is 3. The van der Waals surface area contributed by atoms with Gasteiger partial charge in [0.15, 0.2) is 17.9 Å². The smallest absolute Gasteiger partial charge is 0.201 e. The third-order valence-electron chi connectivity index (χ3n) is 7.29. The molecule has 0 atom stereocenters. The van der Waals surface area contributed by atoms with Gasteiger partial charge in [0, 0.05) is 17.9 Å². The van der Waals surface area contributed by atoms with Crippen LogP contribution in [0.2, 0.25) is 0 Å². The largest absolute Gasteiger partial charge is 0.490 e. The van der Waals surface area contributed by atoms with E-state index < -0.39 is 11.6 Å². The zero-order valence-corrected chi connectivity index (χ0v) is 23.4. The van der Waals surface area contributed by atoms with Gasteiger partial charge in [0.05, 0.1) is 19.8 Å². The first-order chi connectivity index (χ1) is 19.5. The number of unbranched alkanes of at least 4 members (excludes halogenated alkanes) is 4. The number of allylic oxidation sites excluding steroid dienone is 2. The van der Waals surface area contributed by atoms with Gasteiger partial charge in [0.2, 0.25) is 5.82 Å². The van der Waals surface area contributed by atoms with Gasteiger partial charge in [-0.15, -0.1) is 0 Å². The molecule has 0 spiro atoms. The highest BCUT2D eigenvalue weighted by molar-refractivity contribution is 5.71. The van der Waals surface area contributed by atoms with Crippen molar-refractivity contribution in [3.63, 3.8) is 0 Å². The molecular formula is C34H39F3O3. The van der Waals surface area contributed by atoms with E-state index in [0.717, 1.165) is 44.1 Å². The minimum atomic E-state index is -0.979. The second-order valence-corrected chi connectivity index (χ2v) is 10.3. The van der Waals surface area contributed by atoms with Crippen molar-refractivity contribution in [2.24, 2.45) is 0 Å². The second-order valence-electron chi connectivity index (χ2n) is 10.3. The van der Waals surface area contributed by atoms with E-state index in [-0.39, 0.29) is 29.3 Å². The molecule has 214 valence electrons. The van der Waals surface area contributed by atoms with E-state index in [1.165, 1.54) is 24.6 Å². The van der Waals surface area contributed by atoms with Crippen LogP contribution in [-0.2, 0) is 9.47 Å². The lowest BCUT2D eigenvalue weighted by Gasteiger charge is -2.29. The Morgan fingerprint density at radius 2 is 1.52 bits per heavy atom. The Hall–Kier alpha value is -3.09. The lowest BCUT2D eigenvalue weighted by molar-refractivity contribution is -0.189. The van der Waals surface area contributed by atoms with E-state index in [1.807, 2.05) is 19.1 Å². The maximum atomic E-state index is 15.1. The van der Waals surface area contributed by atoms with Crippen LogP contribution in [0.4, 0.5) is 13.2 Å². The lowest BCUT2D eigenvalue weighted by Crippen LogP contribution is -2.31. The molecule has 1 aliphatic rings. The summed E-state index contributed by atoms with van der Waals surface area (Å²) in [6, 6.07) is 15.1. The lowest BCUT2D eigenvalue weighted by atomic mass is 9.95. The molecule has 0 unspecified atom stereocenters. The molecule has 0 saturated carbocycles. The SMILES string of the molecule is C/C=C/CCC1OCC(c2ccc(-c3ccc(-c4ccc(OCCCCCCC)c(F)c4F)cc3)cc2F)CO1. The summed E-state index contributed by atoms with van der Waals surface area (Å²) in [5.41, 5.74) is 2.72. The van der Waals surface area contributed by atoms with Gasteiger partial charge in [-0.25, -0.2) is 8.78 Å². The molecule has 3 nitrogen and oxygen atoms in total. The Morgan fingerprint density at radius 1 is 0.825 bits per heavy atom. The Balaban J connectivity index is 1.37. The average Bonchev–Trinajstić information content (AvgIpc) is 2.98. The van der Waals surface area contributed by atoms with Gasteiger partial charge in [0.25, 0.3) is 0 Å². The van der Waals surface area contributed by atoms with E-state index in [0.29, 0.717) is 36.5 Å². The summed E-state index contributed by atoms with van der Waals surface area (Å²) in [4.78, 5) is 0. The zero-order valence-electron chi connectivity index (χ0n) is 23.4. The Kier molecular flexibility index (Phi) is 11.2. The van der Waals surface area contributed by atoms with Gasteiger partial charge in [-0.1, -0.05) is 81.2 Å². The monoisotopic (exact) mass is 552 g/mol. The quantitative estimate of drug-likeness (QED) is 0.156. The van der Waals surface area contributed by atoms with Gasteiger partial charge in [-0.3, -0.25) is 0 Å². The maximum Gasteiger partial charge on any atom is 0.201 e. The van der Waals surface area contributed by atoms with Crippen molar-refractivity contribution < 1.29 is 27.4 Å². The van der Waals surface area contributed by atoms with E-state index in [4.69, 9.17) is 14.2 Å². The second kappa shape index (κ2) is 15.1. The van der Waals surface area contributed by atoms with Crippen LogP contribution in [0, 0.1) is 17.5 Å². The van der Waals surface area contributed by atoms with Crippen LogP contribution in [0.25, 0.3) is 22.3 Å². The van der Waals surface area contributed by atoms with Crippen LogP contribution in [0.1, 0.15) is 70.3 Å². The molecule has 40 heavy (non-hydrogen) atoms. The van der Waals surface area contributed by atoms with Crippen molar-refractivity contribution in [3.8, 4) is 28.0 Å². The Bertz CT molecular complexity index is 1250. The first-order valence-corrected chi connectivity index (χ1v) is 14.4. The minimum Gasteiger partial charge on any atom is -0.490 e. The molecule has 1 saturated heterocycles. The predicted octanol–water partition coefficient (Wildman–Crippen LogP) is 9.60. The summed E-state index contributed by atoms with van der Waals surface area (Å²) in [5, 5.41) is 0. The van der Waals surface area contributed by atoms with E-state index in [9.17, 15) is 8.78 Å². The van der Waals surface area contributed by atoms with Crippen molar-refractivity contribution in [2.75, 3.05) is 19.8 Å². The molecule has 0 radical (unpaired) electrons. The molecule has 3 aromatic carbocycles. The normalized spacial score (nSPS) is 17.4. The van der Waals surface area contributed by atoms with Crippen LogP contribution in [0.5, 0.6) is 5.75 Å². The van der Waals surface area contributed by atoms with E-state index >= 15 is 4.39 Å². The van der Waals surface area contributed by atoms with Crippen LogP contribution >= 0.6 is 0 Å². The molecular weight excluding hydrogens is 513 g/mol.